The van der Waals surface area contributed by atoms with Crippen LogP contribution in [-0.2, 0) is 22.5 Å². The molecule has 162 valence electrons. The fourth-order valence-corrected chi connectivity index (χ4v) is 4.48. The first kappa shape index (κ1) is 20.0. The second-order valence-electron chi connectivity index (χ2n) is 7.96. The van der Waals surface area contributed by atoms with Crippen LogP contribution in [0.25, 0.3) is 10.9 Å². The normalized spacial score (nSPS) is 15.2. The van der Waals surface area contributed by atoms with Gasteiger partial charge in [-0.3, -0.25) is 19.3 Å². The van der Waals surface area contributed by atoms with Crippen LogP contribution in [0.4, 0.5) is 0 Å². The van der Waals surface area contributed by atoms with Crippen molar-refractivity contribution in [2.45, 2.75) is 19.4 Å². The van der Waals surface area contributed by atoms with Gasteiger partial charge in [-0.1, -0.05) is 12.1 Å². The number of imide groups is 1. The summed E-state index contributed by atoms with van der Waals surface area (Å²) in [4.78, 5) is 56.1. The Bertz CT molecular complexity index is 1260. The molecule has 2 aliphatic rings. The van der Waals surface area contributed by atoms with Gasteiger partial charge in [0.1, 0.15) is 0 Å². The lowest BCUT2D eigenvalue weighted by Crippen LogP contribution is -2.39. The third kappa shape index (κ3) is 3.15. The van der Waals surface area contributed by atoms with Crippen LogP contribution in [0.2, 0.25) is 0 Å². The first-order chi connectivity index (χ1) is 15.5. The lowest BCUT2D eigenvalue weighted by Gasteiger charge is -2.28. The summed E-state index contributed by atoms with van der Waals surface area (Å²) in [6.45, 7) is 1.00. The molecule has 32 heavy (non-hydrogen) atoms. The van der Waals surface area contributed by atoms with Gasteiger partial charge >= 0.3 is 5.97 Å². The third-order valence-corrected chi connectivity index (χ3v) is 6.18. The molecule has 0 radical (unpaired) electrons. The number of amides is 3. The summed E-state index contributed by atoms with van der Waals surface area (Å²) in [7, 11) is 1.34. The number of fused-ring (bicyclic) bond motifs is 4. The number of nitrogens with one attached hydrogen (secondary N) is 1. The van der Waals surface area contributed by atoms with Gasteiger partial charge in [0.2, 0.25) is 5.91 Å². The zero-order valence-corrected chi connectivity index (χ0v) is 17.5. The maximum atomic E-state index is 12.9. The van der Waals surface area contributed by atoms with E-state index in [1.165, 1.54) is 7.11 Å². The van der Waals surface area contributed by atoms with Crippen LogP contribution in [0.3, 0.4) is 0 Å². The van der Waals surface area contributed by atoms with Gasteiger partial charge in [-0.05, 0) is 30.3 Å². The Morgan fingerprint density at radius 3 is 2.47 bits per heavy atom. The molecule has 8 nitrogen and oxygen atoms in total. The predicted octanol–water partition coefficient (Wildman–Crippen LogP) is 2.53. The van der Waals surface area contributed by atoms with Crippen LogP contribution in [0.1, 0.15) is 48.8 Å². The summed E-state index contributed by atoms with van der Waals surface area (Å²) in [6, 6.07) is 12.0. The molecule has 2 aliphatic heterocycles. The van der Waals surface area contributed by atoms with Crippen LogP contribution >= 0.6 is 0 Å². The van der Waals surface area contributed by atoms with Gasteiger partial charge in [0.05, 0.1) is 23.8 Å². The molecule has 3 heterocycles. The average Bonchev–Trinajstić information content (AvgIpc) is 3.31. The topological polar surface area (TPSA) is 99.8 Å². The molecule has 5 rings (SSSR count). The molecule has 3 amide bonds. The van der Waals surface area contributed by atoms with Gasteiger partial charge in [-0.2, -0.15) is 0 Å². The minimum absolute atomic E-state index is 0.0505. The maximum absolute atomic E-state index is 12.9. The molecule has 0 spiro atoms. The van der Waals surface area contributed by atoms with E-state index in [0.29, 0.717) is 36.2 Å². The Labute approximate surface area is 183 Å². The second-order valence-corrected chi connectivity index (χ2v) is 7.96. The highest BCUT2D eigenvalue weighted by molar-refractivity contribution is 6.21. The van der Waals surface area contributed by atoms with E-state index in [4.69, 9.17) is 4.74 Å². The van der Waals surface area contributed by atoms with E-state index in [-0.39, 0.29) is 30.7 Å². The summed E-state index contributed by atoms with van der Waals surface area (Å²) in [5.74, 6) is -1.24. The number of rotatable bonds is 4. The first-order valence-corrected chi connectivity index (χ1v) is 10.4. The van der Waals surface area contributed by atoms with Gasteiger partial charge in [0.15, 0.2) is 0 Å². The first-order valence-electron chi connectivity index (χ1n) is 10.4. The van der Waals surface area contributed by atoms with Crippen molar-refractivity contribution >= 4 is 34.6 Å². The molecule has 2 aromatic carbocycles. The van der Waals surface area contributed by atoms with Crippen molar-refractivity contribution in [1.82, 2.24) is 14.8 Å². The van der Waals surface area contributed by atoms with Crippen LogP contribution in [0.15, 0.2) is 42.5 Å². The van der Waals surface area contributed by atoms with Crippen LogP contribution in [-0.4, -0.2) is 58.7 Å². The summed E-state index contributed by atoms with van der Waals surface area (Å²) in [5, 5.41) is 0.890. The number of carbonyl (C=O) groups is 4. The number of hydrogen-bond donors (Lipinski definition) is 1. The number of carbonyl (C=O) groups excluding carboxylic acids is 4. The molecule has 1 aromatic heterocycles. The summed E-state index contributed by atoms with van der Waals surface area (Å²) in [6.07, 6.45) is 0.729. The average molecular weight is 431 g/mol. The summed E-state index contributed by atoms with van der Waals surface area (Å²) < 4.78 is 4.81. The van der Waals surface area contributed by atoms with E-state index in [1.807, 2.05) is 6.07 Å². The molecule has 0 saturated heterocycles. The zero-order valence-electron chi connectivity index (χ0n) is 17.5. The molecule has 3 aromatic rings. The lowest BCUT2D eigenvalue weighted by molar-refractivity contribution is -0.132. The largest absolute Gasteiger partial charge is 0.465 e. The second kappa shape index (κ2) is 7.64. The minimum Gasteiger partial charge on any atom is -0.465 e. The highest BCUT2D eigenvalue weighted by atomic mass is 16.5. The number of esters is 1. The van der Waals surface area contributed by atoms with E-state index in [2.05, 4.69) is 4.98 Å². The predicted molar refractivity (Wildman–Crippen MR) is 115 cm³/mol. The van der Waals surface area contributed by atoms with Crippen molar-refractivity contribution in [2.24, 2.45) is 0 Å². The standard InChI is InChI=1S/C24H21N3O5/c1-32-24(31)14-6-7-19-17(12-14)18-13-26(10-8-20(18)25-19)21(28)9-11-27-22(29)15-4-2-3-5-16(15)23(27)30/h2-7,12,25H,8-11,13H2,1H3. The van der Waals surface area contributed by atoms with Crippen molar-refractivity contribution in [2.75, 3.05) is 20.2 Å². The van der Waals surface area contributed by atoms with Crippen LogP contribution < -0.4 is 0 Å². The van der Waals surface area contributed by atoms with Gasteiger partial charge in [0.25, 0.3) is 11.8 Å². The number of methoxy groups -OCH3 is 1. The third-order valence-electron chi connectivity index (χ3n) is 6.18. The van der Waals surface area contributed by atoms with Crippen molar-refractivity contribution in [3.05, 3.63) is 70.4 Å². The molecule has 0 atom stereocenters. The molecular weight excluding hydrogens is 410 g/mol. The molecule has 8 heteroatoms. The molecule has 0 bridgehead atoms. The number of ether oxygens (including phenoxy) is 1. The minimum atomic E-state index is -0.411. The Kier molecular flexibility index (Phi) is 4.77. The van der Waals surface area contributed by atoms with Gasteiger partial charge in [0, 0.05) is 54.6 Å². The Morgan fingerprint density at radius 2 is 1.78 bits per heavy atom. The quantitative estimate of drug-likeness (QED) is 0.506. The van der Waals surface area contributed by atoms with Gasteiger partial charge < -0.3 is 14.6 Å². The highest BCUT2D eigenvalue weighted by Crippen LogP contribution is 2.29. The van der Waals surface area contributed by atoms with Crippen LogP contribution in [0.5, 0.6) is 0 Å². The number of benzene rings is 2. The molecule has 0 fully saturated rings. The van der Waals surface area contributed by atoms with Gasteiger partial charge in [-0.15, -0.1) is 0 Å². The number of aromatic amines is 1. The fourth-order valence-electron chi connectivity index (χ4n) is 4.48. The Morgan fingerprint density at radius 1 is 1.06 bits per heavy atom. The van der Waals surface area contributed by atoms with Crippen molar-refractivity contribution in [1.29, 1.82) is 0 Å². The maximum Gasteiger partial charge on any atom is 0.337 e. The molecular formula is C24H21N3O5. The highest BCUT2D eigenvalue weighted by Gasteiger charge is 2.35. The fraction of sp³-hybridized carbons (Fsp3) is 0.250. The summed E-state index contributed by atoms with van der Waals surface area (Å²) >= 11 is 0. The van der Waals surface area contributed by atoms with E-state index >= 15 is 0 Å². The van der Waals surface area contributed by atoms with Gasteiger partial charge in [-0.25, -0.2) is 4.79 Å². The molecule has 0 unspecified atom stereocenters. The van der Waals surface area contributed by atoms with Crippen molar-refractivity contribution in [3.8, 4) is 0 Å². The van der Waals surface area contributed by atoms with E-state index in [1.54, 1.807) is 41.3 Å². The number of hydrogen-bond acceptors (Lipinski definition) is 5. The van der Waals surface area contributed by atoms with E-state index in [0.717, 1.165) is 27.1 Å². The SMILES string of the molecule is COC(=O)c1ccc2[nH]c3c(c2c1)CN(C(=O)CCN1C(=O)c2ccccc2C1=O)CC3. The zero-order chi connectivity index (χ0) is 22.4. The molecule has 0 saturated carbocycles. The van der Waals surface area contributed by atoms with Crippen LogP contribution in [0, 0.1) is 0 Å². The van der Waals surface area contributed by atoms with Crippen molar-refractivity contribution in [3.63, 3.8) is 0 Å². The molecule has 1 N–H and O–H groups in total. The lowest BCUT2D eigenvalue weighted by atomic mass is 10.0. The van der Waals surface area contributed by atoms with Crippen molar-refractivity contribution < 1.29 is 23.9 Å². The number of nitrogens with zero attached hydrogens (tertiary/aromatic N) is 2. The monoisotopic (exact) mass is 431 g/mol. The smallest absolute Gasteiger partial charge is 0.337 e. The number of H-pyrrole nitrogens is 1. The molecule has 0 aliphatic carbocycles. The summed E-state index contributed by atoms with van der Waals surface area (Å²) in [5.41, 5.74) is 4.15. The number of aromatic nitrogens is 1. The Balaban J connectivity index is 1.30. The van der Waals surface area contributed by atoms with E-state index in [9.17, 15) is 19.2 Å². The van der Waals surface area contributed by atoms with E-state index < -0.39 is 5.97 Å². The Hall–Kier alpha value is -3.94.